The summed E-state index contributed by atoms with van der Waals surface area (Å²) in [6, 6.07) is 8.16. The molecule has 152 valence electrons. The Labute approximate surface area is 165 Å². The van der Waals surface area contributed by atoms with Gasteiger partial charge in [-0.1, -0.05) is 0 Å². The molecule has 0 unspecified atom stereocenters. The van der Waals surface area contributed by atoms with Crippen LogP contribution in [0.4, 0.5) is 5.69 Å². The Hall–Kier alpha value is -4.15. The van der Waals surface area contributed by atoms with Gasteiger partial charge in [0.05, 0.1) is 31.9 Å². The number of aromatic hydroxyl groups is 1. The fourth-order valence-corrected chi connectivity index (χ4v) is 2.23. The van der Waals surface area contributed by atoms with Crippen molar-refractivity contribution in [2.24, 2.45) is 5.10 Å². The predicted molar refractivity (Wildman–Crippen MR) is 102 cm³/mol. The quantitative estimate of drug-likeness (QED) is 0.341. The molecule has 0 bridgehead atoms. The molecule has 2 rings (SSSR count). The van der Waals surface area contributed by atoms with E-state index in [0.29, 0.717) is 17.1 Å². The van der Waals surface area contributed by atoms with Crippen LogP contribution in [-0.4, -0.2) is 48.8 Å². The second kappa shape index (κ2) is 9.69. The molecule has 0 aliphatic carbocycles. The Bertz CT molecular complexity index is 959. The van der Waals surface area contributed by atoms with Crippen LogP contribution in [0.2, 0.25) is 0 Å². The van der Waals surface area contributed by atoms with Crippen molar-refractivity contribution in [2.45, 2.75) is 0 Å². The number of nitrogens with zero attached hydrogens (tertiary/aromatic N) is 2. The second-order valence-corrected chi connectivity index (χ2v) is 5.55. The molecule has 29 heavy (non-hydrogen) atoms. The lowest BCUT2D eigenvalue weighted by atomic mass is 10.2. The zero-order valence-electron chi connectivity index (χ0n) is 15.5. The lowest BCUT2D eigenvalue weighted by Crippen LogP contribution is -2.34. The third-order valence-corrected chi connectivity index (χ3v) is 3.65. The first-order chi connectivity index (χ1) is 13.8. The highest BCUT2D eigenvalue weighted by molar-refractivity contribution is 5.97. The van der Waals surface area contributed by atoms with E-state index in [4.69, 9.17) is 9.47 Å². The molecule has 0 radical (unpaired) electrons. The van der Waals surface area contributed by atoms with Gasteiger partial charge < -0.3 is 19.9 Å². The normalized spacial score (nSPS) is 10.4. The molecule has 0 heterocycles. The van der Waals surface area contributed by atoms with E-state index in [1.165, 1.54) is 38.6 Å². The van der Waals surface area contributed by atoms with E-state index >= 15 is 0 Å². The Morgan fingerprint density at radius 2 is 1.90 bits per heavy atom. The zero-order valence-corrected chi connectivity index (χ0v) is 15.5. The van der Waals surface area contributed by atoms with Gasteiger partial charge in [-0.15, -0.1) is 0 Å². The monoisotopic (exact) mass is 402 g/mol. The van der Waals surface area contributed by atoms with Crippen molar-refractivity contribution in [2.75, 3.05) is 20.8 Å². The molecule has 0 aliphatic heterocycles. The highest BCUT2D eigenvalue weighted by atomic mass is 16.6. The number of carbonyl (C=O) groups is 2. The molecule has 0 atom stereocenters. The number of nitro benzene ring substituents is 1. The van der Waals surface area contributed by atoms with Crippen LogP contribution in [-0.2, 0) is 4.79 Å². The van der Waals surface area contributed by atoms with Crippen LogP contribution in [0.5, 0.6) is 17.2 Å². The van der Waals surface area contributed by atoms with Gasteiger partial charge in [-0.25, -0.2) is 5.43 Å². The van der Waals surface area contributed by atoms with Crippen LogP contribution in [0.25, 0.3) is 0 Å². The van der Waals surface area contributed by atoms with Gasteiger partial charge in [-0.3, -0.25) is 19.7 Å². The van der Waals surface area contributed by atoms with Gasteiger partial charge in [0.25, 0.3) is 11.8 Å². The van der Waals surface area contributed by atoms with Gasteiger partial charge in [0.2, 0.25) is 0 Å². The van der Waals surface area contributed by atoms with Crippen LogP contribution in [0, 0.1) is 10.1 Å². The molecular formula is C18H18N4O7. The van der Waals surface area contributed by atoms with E-state index in [2.05, 4.69) is 15.8 Å². The topological polar surface area (TPSA) is 152 Å². The first-order valence-corrected chi connectivity index (χ1v) is 8.15. The molecule has 2 aromatic rings. The smallest absolute Gasteiger partial charge is 0.310 e. The van der Waals surface area contributed by atoms with Crippen LogP contribution < -0.4 is 20.2 Å². The summed E-state index contributed by atoms with van der Waals surface area (Å²) in [5.74, 6) is -0.770. The van der Waals surface area contributed by atoms with E-state index in [9.17, 15) is 24.8 Å². The summed E-state index contributed by atoms with van der Waals surface area (Å²) in [6.07, 6.45) is 1.19. The minimum Gasteiger partial charge on any atom is -0.502 e. The first kappa shape index (κ1) is 21.2. The number of nitrogens with one attached hydrogen (secondary N) is 2. The fourth-order valence-electron chi connectivity index (χ4n) is 2.23. The molecule has 2 aromatic carbocycles. The number of phenolic OH excluding ortho intramolecular Hbond substituents is 1. The van der Waals surface area contributed by atoms with Crippen LogP contribution in [0.15, 0.2) is 41.5 Å². The molecule has 11 nitrogen and oxygen atoms in total. The molecule has 3 N–H and O–H groups in total. The van der Waals surface area contributed by atoms with Gasteiger partial charge >= 0.3 is 5.69 Å². The summed E-state index contributed by atoms with van der Waals surface area (Å²) < 4.78 is 10.2. The fraction of sp³-hybridized carbons (Fsp3) is 0.167. The molecule has 0 saturated carbocycles. The van der Waals surface area contributed by atoms with Crippen molar-refractivity contribution in [1.82, 2.24) is 10.7 Å². The van der Waals surface area contributed by atoms with E-state index in [-0.39, 0.29) is 12.1 Å². The number of ether oxygens (including phenoxy) is 2. The number of nitro groups is 1. The van der Waals surface area contributed by atoms with E-state index < -0.39 is 28.2 Å². The minimum atomic E-state index is -0.723. The van der Waals surface area contributed by atoms with Crippen molar-refractivity contribution in [3.05, 3.63) is 57.6 Å². The first-order valence-electron chi connectivity index (χ1n) is 8.15. The average Bonchev–Trinajstić information content (AvgIpc) is 2.71. The van der Waals surface area contributed by atoms with Crippen molar-refractivity contribution >= 4 is 23.7 Å². The highest BCUT2D eigenvalue weighted by Gasteiger charge is 2.13. The molecule has 0 aromatic heterocycles. The third-order valence-electron chi connectivity index (χ3n) is 3.65. The zero-order chi connectivity index (χ0) is 21.4. The molecule has 0 spiro atoms. The van der Waals surface area contributed by atoms with Crippen LogP contribution >= 0.6 is 0 Å². The summed E-state index contributed by atoms with van der Waals surface area (Å²) in [5, 5.41) is 26.3. The van der Waals surface area contributed by atoms with Crippen molar-refractivity contribution in [3.63, 3.8) is 0 Å². The molecule has 0 fully saturated rings. The Kier molecular flexibility index (Phi) is 7.07. The molecule has 11 heteroatoms. The maximum Gasteiger partial charge on any atom is 0.310 e. The minimum absolute atomic E-state index is 0.278. The molecular weight excluding hydrogens is 384 g/mol. The van der Waals surface area contributed by atoms with Crippen LogP contribution in [0.3, 0.4) is 0 Å². The number of carbonyl (C=O) groups excluding carboxylic acids is 2. The predicted octanol–water partition coefficient (Wildman–Crippen LogP) is 1.20. The molecule has 0 aliphatic rings. The van der Waals surface area contributed by atoms with Crippen molar-refractivity contribution in [1.29, 1.82) is 0 Å². The number of hydrogen-bond donors (Lipinski definition) is 3. The van der Waals surface area contributed by atoms with Crippen molar-refractivity contribution < 1.29 is 29.1 Å². The summed E-state index contributed by atoms with van der Waals surface area (Å²) in [4.78, 5) is 33.8. The Morgan fingerprint density at radius 1 is 1.17 bits per heavy atom. The van der Waals surface area contributed by atoms with E-state index in [1.807, 2.05) is 0 Å². The number of benzene rings is 2. The number of phenols is 1. The number of hydrazone groups is 1. The lowest BCUT2D eigenvalue weighted by molar-refractivity contribution is -0.385. The summed E-state index contributed by atoms with van der Waals surface area (Å²) in [7, 11) is 2.91. The van der Waals surface area contributed by atoms with Gasteiger partial charge in [0, 0.05) is 11.6 Å². The second-order valence-electron chi connectivity index (χ2n) is 5.55. The summed E-state index contributed by atoms with van der Waals surface area (Å²) >= 11 is 0. The van der Waals surface area contributed by atoms with Gasteiger partial charge in [0.1, 0.15) is 0 Å². The third kappa shape index (κ3) is 5.66. The maximum atomic E-state index is 12.1. The standard InChI is InChI=1S/C18H18N4O7/c1-28-15-6-4-12(8-16(15)29-2)18(25)19-10-17(24)21-20-9-11-3-5-13(22(26)27)14(23)7-11/h3-9,23H,10H2,1-2H3,(H,19,25)(H,21,24)/b20-9-. The largest absolute Gasteiger partial charge is 0.502 e. The van der Waals surface area contributed by atoms with Gasteiger partial charge in [0.15, 0.2) is 17.2 Å². The summed E-state index contributed by atoms with van der Waals surface area (Å²) in [5.41, 5.74) is 2.36. The number of methoxy groups -OCH3 is 2. The van der Waals surface area contributed by atoms with Gasteiger partial charge in [-0.05, 0) is 35.9 Å². The van der Waals surface area contributed by atoms with E-state index in [0.717, 1.165) is 12.1 Å². The Morgan fingerprint density at radius 3 is 2.52 bits per heavy atom. The van der Waals surface area contributed by atoms with Crippen LogP contribution in [0.1, 0.15) is 15.9 Å². The van der Waals surface area contributed by atoms with Crippen molar-refractivity contribution in [3.8, 4) is 17.2 Å². The van der Waals surface area contributed by atoms with Gasteiger partial charge in [-0.2, -0.15) is 5.10 Å². The Balaban J connectivity index is 1.88. The lowest BCUT2D eigenvalue weighted by Gasteiger charge is -2.09. The number of rotatable bonds is 8. The number of hydrogen-bond acceptors (Lipinski definition) is 8. The van der Waals surface area contributed by atoms with E-state index in [1.54, 1.807) is 6.07 Å². The SMILES string of the molecule is COc1ccc(C(=O)NCC(=O)N/N=C\c2ccc([N+](=O)[O-])c(O)c2)cc1OC. The number of amides is 2. The maximum absolute atomic E-state index is 12.1. The summed E-state index contributed by atoms with van der Waals surface area (Å²) in [6.45, 7) is -0.337. The average molecular weight is 402 g/mol. The molecule has 0 saturated heterocycles. The highest BCUT2D eigenvalue weighted by Crippen LogP contribution is 2.27. The molecule has 2 amide bonds.